The molecule has 4 N–H and O–H groups in total. The third-order valence-corrected chi connectivity index (χ3v) is 11.9. The van der Waals surface area contributed by atoms with Crippen LogP contribution < -0.4 is 26.2 Å². The predicted octanol–water partition coefficient (Wildman–Crippen LogP) is 4.96. The number of carbonyl (C=O) groups is 3. The Kier molecular flexibility index (Phi) is 12.3. The average Bonchev–Trinajstić information content (AvgIpc) is 3.82. The third kappa shape index (κ3) is 9.08. The van der Waals surface area contributed by atoms with Crippen LogP contribution in [0.4, 0.5) is 34.8 Å². The van der Waals surface area contributed by atoms with Crippen LogP contribution in [0.2, 0.25) is 0 Å². The van der Waals surface area contributed by atoms with E-state index in [1.54, 1.807) is 17.2 Å². The number of nitrogens with zero attached hydrogens (tertiary/aromatic N) is 8. The fourth-order valence-corrected chi connectivity index (χ4v) is 8.75. The molecule has 3 aromatic heterocycles. The molecule has 0 bridgehead atoms. The molecule has 0 spiro atoms. The number of halogens is 5. The Morgan fingerprint density at radius 2 is 1.71 bits per heavy atom. The molecule has 4 fully saturated rings. The van der Waals surface area contributed by atoms with E-state index in [9.17, 15) is 31.9 Å². The molecule has 4 aromatic rings. The maximum atomic E-state index is 14.2. The highest BCUT2D eigenvalue weighted by atomic mass is 35.5. The van der Waals surface area contributed by atoms with Crippen LogP contribution >= 0.6 is 12.4 Å². The van der Waals surface area contributed by atoms with Crippen molar-refractivity contribution >= 4 is 53.0 Å². The summed E-state index contributed by atoms with van der Waals surface area (Å²) in [6.07, 6.45) is 3.38. The quantitative estimate of drug-likeness (QED) is 0.156. The minimum absolute atomic E-state index is 0. The summed E-state index contributed by atoms with van der Waals surface area (Å²) in [4.78, 5) is 48.2. The van der Waals surface area contributed by atoms with Crippen molar-refractivity contribution in [2.75, 3.05) is 60.9 Å². The lowest BCUT2D eigenvalue weighted by Crippen LogP contribution is -2.48. The molecule has 1 saturated carbocycles. The van der Waals surface area contributed by atoms with Gasteiger partial charge in [0, 0.05) is 63.3 Å². The zero-order chi connectivity index (χ0) is 39.8. The largest absolute Gasteiger partial charge is 0.437 e. The molecular formula is C39H48ClF4N11O3. The summed E-state index contributed by atoms with van der Waals surface area (Å²) in [5.41, 5.74) is 6.53. The number of amides is 3. The molecule has 1 unspecified atom stereocenters. The average molecular weight is 830 g/mol. The maximum Gasteiger partial charge on any atom is 0.437 e. The topological polar surface area (TPSA) is 159 Å². The molecule has 19 heteroatoms. The van der Waals surface area contributed by atoms with Gasteiger partial charge in [-0.2, -0.15) is 23.4 Å². The van der Waals surface area contributed by atoms with Crippen molar-refractivity contribution in [3.63, 3.8) is 0 Å². The molecule has 3 amide bonds. The number of carbonyl (C=O) groups excluding carboxylic acids is 3. The fourth-order valence-electron chi connectivity index (χ4n) is 8.75. The van der Waals surface area contributed by atoms with Crippen LogP contribution in [0.25, 0.3) is 5.65 Å². The first kappa shape index (κ1) is 41.4. The van der Waals surface area contributed by atoms with Crippen molar-refractivity contribution in [3.05, 3.63) is 65.7 Å². The number of hydrogen-bond acceptors (Lipinski definition) is 10. The van der Waals surface area contributed by atoms with E-state index < -0.39 is 29.6 Å². The molecule has 3 saturated heterocycles. The normalized spacial score (nSPS) is 24.7. The first-order chi connectivity index (χ1) is 27.4. The number of nitrogens with one attached hydrogen (secondary N) is 2. The van der Waals surface area contributed by atoms with E-state index in [0.717, 1.165) is 63.2 Å². The lowest BCUT2D eigenvalue weighted by atomic mass is 9.84. The van der Waals surface area contributed by atoms with E-state index >= 15 is 0 Å². The summed E-state index contributed by atoms with van der Waals surface area (Å²) < 4.78 is 59.6. The molecule has 312 valence electrons. The molecule has 1 aliphatic carbocycles. The second kappa shape index (κ2) is 17.2. The van der Waals surface area contributed by atoms with Crippen LogP contribution in [0.15, 0.2) is 48.9 Å². The van der Waals surface area contributed by atoms with Crippen molar-refractivity contribution in [1.82, 2.24) is 34.6 Å². The van der Waals surface area contributed by atoms with E-state index in [1.807, 2.05) is 24.3 Å². The molecule has 14 nitrogen and oxygen atoms in total. The van der Waals surface area contributed by atoms with E-state index in [-0.39, 0.29) is 66.4 Å². The van der Waals surface area contributed by atoms with Gasteiger partial charge in [0.2, 0.25) is 11.8 Å². The Balaban J connectivity index is 0.00000512. The Morgan fingerprint density at radius 1 is 0.966 bits per heavy atom. The van der Waals surface area contributed by atoms with Gasteiger partial charge in [0.1, 0.15) is 17.6 Å². The van der Waals surface area contributed by atoms with Crippen LogP contribution in [0.3, 0.4) is 0 Å². The van der Waals surface area contributed by atoms with Crippen LogP contribution in [0, 0.1) is 5.92 Å². The lowest BCUT2D eigenvalue weighted by Gasteiger charge is -2.37. The van der Waals surface area contributed by atoms with Gasteiger partial charge in [-0.15, -0.1) is 12.4 Å². The summed E-state index contributed by atoms with van der Waals surface area (Å²) in [7, 11) is 0. The second-order valence-electron chi connectivity index (χ2n) is 15.8. The maximum absolute atomic E-state index is 14.2. The minimum Gasteiger partial charge on any atom is -0.369 e. The van der Waals surface area contributed by atoms with Crippen molar-refractivity contribution in [1.29, 1.82) is 0 Å². The van der Waals surface area contributed by atoms with Crippen molar-refractivity contribution in [3.8, 4) is 0 Å². The predicted molar refractivity (Wildman–Crippen MR) is 211 cm³/mol. The number of hydrogen-bond donors (Lipinski definition) is 3. The summed E-state index contributed by atoms with van der Waals surface area (Å²) in [6, 6.07) is 9.08. The Hall–Kier alpha value is -4.81. The number of imide groups is 1. The molecule has 6 heterocycles. The van der Waals surface area contributed by atoms with Crippen molar-refractivity contribution < 1.29 is 31.9 Å². The summed E-state index contributed by atoms with van der Waals surface area (Å²) in [5, 5.41) is 12.9. The van der Waals surface area contributed by atoms with Gasteiger partial charge in [-0.25, -0.2) is 13.9 Å². The number of alkyl halides is 4. The zero-order valence-electron chi connectivity index (χ0n) is 31.9. The van der Waals surface area contributed by atoms with E-state index in [4.69, 9.17) is 5.73 Å². The number of benzene rings is 1. The number of piperidine rings is 2. The van der Waals surface area contributed by atoms with Gasteiger partial charge in [-0.3, -0.25) is 29.3 Å². The van der Waals surface area contributed by atoms with Gasteiger partial charge in [0.25, 0.3) is 5.91 Å². The highest BCUT2D eigenvalue weighted by molar-refractivity contribution is 6.08. The van der Waals surface area contributed by atoms with E-state index in [2.05, 4.69) is 35.6 Å². The third-order valence-electron chi connectivity index (χ3n) is 11.9. The molecular weight excluding hydrogens is 782 g/mol. The standard InChI is InChI=1S/C39H47F4N11O3.ClH/c40-26-19-27(44)22-52(21-26)33-12-14-53-36(47-33)31(20-45-53)38(57)46-32-23-54(49-35(32)39(41,42)43)29-5-1-24(2-6-29)11-13-50-15-17-51(18-16-50)28-7-3-25(4-8-28)30-9-10-34(55)48-37(30)56;/h3-4,7-8,12,14,20,23-24,26-27,29-30H,1-2,5-6,9-11,13,15-19,21-22,44H2,(H,46,57)(H,48,55,56);1H/t24?,26-,27-,29?,30?;/m1./s1. The van der Waals surface area contributed by atoms with Gasteiger partial charge in [-0.05, 0) is 81.2 Å². The molecule has 3 atom stereocenters. The van der Waals surface area contributed by atoms with Gasteiger partial charge < -0.3 is 20.9 Å². The van der Waals surface area contributed by atoms with Crippen LogP contribution in [-0.4, -0.2) is 105 Å². The van der Waals surface area contributed by atoms with Gasteiger partial charge in [-0.1, -0.05) is 12.1 Å². The molecule has 3 aliphatic heterocycles. The number of anilines is 3. The van der Waals surface area contributed by atoms with Crippen LogP contribution in [0.5, 0.6) is 0 Å². The number of aromatic nitrogens is 5. The van der Waals surface area contributed by atoms with Gasteiger partial charge >= 0.3 is 6.18 Å². The monoisotopic (exact) mass is 829 g/mol. The Bertz CT molecular complexity index is 2090. The smallest absolute Gasteiger partial charge is 0.369 e. The molecule has 1 aromatic carbocycles. The molecule has 4 aliphatic rings. The lowest BCUT2D eigenvalue weighted by molar-refractivity contribution is -0.141. The summed E-state index contributed by atoms with van der Waals surface area (Å²) >= 11 is 0. The van der Waals surface area contributed by atoms with E-state index in [1.165, 1.54) is 21.6 Å². The van der Waals surface area contributed by atoms with Crippen molar-refractivity contribution in [2.45, 2.75) is 81.7 Å². The van der Waals surface area contributed by atoms with Gasteiger partial charge in [0.15, 0.2) is 11.3 Å². The molecule has 8 rings (SSSR count). The summed E-state index contributed by atoms with van der Waals surface area (Å²) in [5.74, 6) is -0.711. The Morgan fingerprint density at radius 3 is 2.40 bits per heavy atom. The Labute approximate surface area is 338 Å². The van der Waals surface area contributed by atoms with Gasteiger partial charge in [0.05, 0.1) is 30.4 Å². The summed E-state index contributed by atoms with van der Waals surface area (Å²) in [6.45, 7) is 5.03. The zero-order valence-corrected chi connectivity index (χ0v) is 32.7. The highest BCUT2D eigenvalue weighted by Gasteiger charge is 2.39. The molecule has 0 radical (unpaired) electrons. The second-order valence-corrected chi connectivity index (χ2v) is 15.8. The SMILES string of the molecule is Cl.N[C@@H]1C[C@@H](F)CN(c2ccn3ncc(C(=O)Nc4cn(C5CCC(CCN6CCN(c7ccc(C8CCC(=O)NC8=O)cc7)CC6)CC5)nc4C(F)(F)F)c3n2)C1. The van der Waals surface area contributed by atoms with E-state index in [0.29, 0.717) is 44.0 Å². The number of fused-ring (bicyclic) bond motifs is 1. The van der Waals surface area contributed by atoms with Crippen LogP contribution in [0.1, 0.15) is 84.9 Å². The number of rotatable bonds is 9. The number of piperazine rings is 1. The van der Waals surface area contributed by atoms with Crippen molar-refractivity contribution in [2.24, 2.45) is 11.7 Å². The minimum atomic E-state index is -4.79. The first-order valence-corrected chi connectivity index (χ1v) is 19.8. The molecule has 58 heavy (non-hydrogen) atoms. The highest BCUT2D eigenvalue weighted by Crippen LogP contribution is 2.39. The fraction of sp³-hybridized carbons (Fsp3) is 0.538. The first-order valence-electron chi connectivity index (χ1n) is 19.8. The van der Waals surface area contributed by atoms with Crippen LogP contribution in [-0.2, 0) is 15.8 Å². The number of nitrogens with two attached hydrogens (primary N) is 1.